The van der Waals surface area contributed by atoms with Crippen molar-refractivity contribution in [1.82, 2.24) is 24.7 Å². The zero-order valence-electron chi connectivity index (χ0n) is 15.1. The Balaban J connectivity index is 1.81. The molecule has 1 aromatic carbocycles. The minimum absolute atomic E-state index is 0.264. The molecule has 0 aliphatic carbocycles. The number of hydrogen-bond donors (Lipinski definition) is 1. The fraction of sp³-hybridized carbons (Fsp3) is 0.529. The van der Waals surface area contributed by atoms with Crippen molar-refractivity contribution < 1.29 is 14.6 Å². The molecule has 8 nitrogen and oxygen atoms in total. The molecule has 0 radical (unpaired) electrons. The number of hydrogen-bond acceptors (Lipinski definition) is 7. The molecule has 1 aromatic heterocycles. The third-order valence-corrected chi connectivity index (χ3v) is 5.00. The molecular formula is C17H23N5O3S. The van der Waals surface area contributed by atoms with Gasteiger partial charge in [0.15, 0.2) is 0 Å². The van der Waals surface area contributed by atoms with Crippen molar-refractivity contribution in [2.75, 3.05) is 13.7 Å². The fourth-order valence-electron chi connectivity index (χ4n) is 3.11. The maximum absolute atomic E-state index is 11.9. The van der Waals surface area contributed by atoms with E-state index in [9.17, 15) is 9.90 Å². The molecule has 2 atom stereocenters. The van der Waals surface area contributed by atoms with E-state index >= 15 is 0 Å². The first-order valence-corrected chi connectivity index (χ1v) is 8.94. The largest absolute Gasteiger partial charge is 0.468 e. The topological polar surface area (TPSA) is 85.4 Å². The lowest BCUT2D eigenvalue weighted by Crippen LogP contribution is -2.38. The van der Waals surface area contributed by atoms with E-state index < -0.39 is 12.1 Å². The number of nitrogens with zero attached hydrogens (tertiary/aromatic N) is 5. The van der Waals surface area contributed by atoms with Gasteiger partial charge >= 0.3 is 5.97 Å². The molecule has 0 bridgehead atoms. The van der Waals surface area contributed by atoms with Crippen LogP contribution in [0.4, 0.5) is 0 Å². The normalized spacial score (nSPS) is 20.7. The number of methoxy groups -OCH3 is 1. The number of likely N-dealkylation sites (tertiary alicyclic amines) is 1. The molecule has 9 heteroatoms. The molecule has 1 aliphatic heterocycles. The van der Waals surface area contributed by atoms with Crippen LogP contribution in [0, 0.1) is 4.77 Å². The Morgan fingerprint density at radius 2 is 2.04 bits per heavy atom. The Bertz CT molecular complexity index is 830. The molecule has 2 heterocycles. The zero-order valence-corrected chi connectivity index (χ0v) is 15.9. The Morgan fingerprint density at radius 3 is 2.65 bits per heavy atom. The van der Waals surface area contributed by atoms with Crippen molar-refractivity contribution in [2.45, 2.75) is 45.0 Å². The molecule has 0 spiro atoms. The summed E-state index contributed by atoms with van der Waals surface area (Å²) in [6, 6.07) is 7.50. The van der Waals surface area contributed by atoms with Crippen LogP contribution < -0.4 is 0 Å². The number of ether oxygens (including phenoxy) is 1. The molecule has 1 fully saturated rings. The third kappa shape index (κ3) is 3.69. The summed E-state index contributed by atoms with van der Waals surface area (Å²) >= 11 is 5.48. The number of aliphatic hydroxyl groups excluding tert-OH is 1. The molecule has 1 aliphatic rings. The number of esters is 1. The van der Waals surface area contributed by atoms with E-state index in [1.54, 1.807) is 14.3 Å². The molecule has 140 valence electrons. The lowest BCUT2D eigenvalue weighted by Gasteiger charge is -2.21. The van der Waals surface area contributed by atoms with Gasteiger partial charge in [-0.25, -0.2) is 4.68 Å². The number of aromatic nitrogens is 4. The summed E-state index contributed by atoms with van der Waals surface area (Å²) in [4.78, 5) is 13.7. The summed E-state index contributed by atoms with van der Waals surface area (Å²) < 4.78 is 8.36. The molecule has 1 saturated heterocycles. The van der Waals surface area contributed by atoms with Crippen LogP contribution in [0.1, 0.15) is 31.7 Å². The van der Waals surface area contributed by atoms with Gasteiger partial charge in [-0.05, 0) is 46.3 Å². The van der Waals surface area contributed by atoms with Gasteiger partial charge in [-0.2, -0.15) is 4.68 Å². The first-order valence-electron chi connectivity index (χ1n) is 8.53. The smallest absolute Gasteiger partial charge is 0.323 e. The predicted octanol–water partition coefficient (Wildman–Crippen LogP) is 1.49. The van der Waals surface area contributed by atoms with Gasteiger partial charge in [0, 0.05) is 13.0 Å². The Kier molecular flexibility index (Phi) is 5.49. The van der Waals surface area contributed by atoms with Crippen molar-refractivity contribution in [3.05, 3.63) is 34.6 Å². The van der Waals surface area contributed by atoms with Gasteiger partial charge in [0.25, 0.3) is 0 Å². The summed E-state index contributed by atoms with van der Waals surface area (Å²) in [6.07, 6.45) is -0.239. The van der Waals surface area contributed by atoms with Crippen molar-refractivity contribution in [3.8, 4) is 5.69 Å². The van der Waals surface area contributed by atoms with E-state index in [2.05, 4.69) is 24.3 Å². The van der Waals surface area contributed by atoms with Crippen LogP contribution in [-0.2, 0) is 16.2 Å². The van der Waals surface area contributed by atoms with Crippen LogP contribution in [0.2, 0.25) is 0 Å². The second-order valence-electron chi connectivity index (χ2n) is 6.76. The van der Waals surface area contributed by atoms with Gasteiger partial charge in [-0.1, -0.05) is 26.0 Å². The maximum atomic E-state index is 11.9. The first-order chi connectivity index (χ1) is 12.4. The van der Waals surface area contributed by atoms with E-state index in [0.717, 1.165) is 5.69 Å². The summed E-state index contributed by atoms with van der Waals surface area (Å²) in [5.41, 5.74) is 2.07. The summed E-state index contributed by atoms with van der Waals surface area (Å²) in [5, 5.41) is 18.1. The number of aliphatic hydroxyl groups is 1. The van der Waals surface area contributed by atoms with Gasteiger partial charge in [0.05, 0.1) is 25.6 Å². The highest BCUT2D eigenvalue weighted by Crippen LogP contribution is 2.20. The lowest BCUT2D eigenvalue weighted by molar-refractivity contribution is -0.146. The van der Waals surface area contributed by atoms with E-state index in [1.165, 1.54) is 12.7 Å². The molecular weight excluding hydrogens is 354 g/mol. The second-order valence-corrected chi connectivity index (χ2v) is 7.13. The molecule has 3 rings (SSSR count). The van der Waals surface area contributed by atoms with Crippen molar-refractivity contribution in [3.63, 3.8) is 0 Å². The van der Waals surface area contributed by atoms with Crippen molar-refractivity contribution in [1.29, 1.82) is 0 Å². The average molecular weight is 377 g/mol. The van der Waals surface area contributed by atoms with Gasteiger partial charge < -0.3 is 9.84 Å². The molecule has 0 saturated carbocycles. The number of rotatable bonds is 5. The number of β-amino-alcohol motifs (C(OH)–C–C–N with tert-alkyl or cyclic N) is 1. The van der Waals surface area contributed by atoms with E-state index in [0.29, 0.717) is 23.7 Å². The van der Waals surface area contributed by atoms with Crippen molar-refractivity contribution >= 4 is 18.2 Å². The quantitative estimate of drug-likeness (QED) is 0.624. The Hall–Kier alpha value is -2.10. The minimum atomic E-state index is -0.577. The highest BCUT2D eigenvalue weighted by molar-refractivity contribution is 7.71. The SMILES string of the molecule is COC(=O)[C@@H]1C[C@H](O)CN1Cn1nnn(-c2ccc(C(C)C)cc2)c1=S. The van der Waals surface area contributed by atoms with E-state index in [4.69, 9.17) is 17.0 Å². The maximum Gasteiger partial charge on any atom is 0.323 e. The van der Waals surface area contributed by atoms with Gasteiger partial charge in [-0.3, -0.25) is 9.69 Å². The summed E-state index contributed by atoms with van der Waals surface area (Å²) in [7, 11) is 1.34. The van der Waals surface area contributed by atoms with E-state index in [-0.39, 0.29) is 12.6 Å². The number of carbonyl (C=O) groups excluding carboxylic acids is 1. The number of benzene rings is 1. The fourth-order valence-corrected chi connectivity index (χ4v) is 3.35. The monoisotopic (exact) mass is 377 g/mol. The standard InChI is InChI=1S/C17H23N5O3S/c1-11(2)12-4-6-13(7-5-12)22-17(26)21(18-19-22)10-20-9-14(23)8-15(20)16(24)25-3/h4-7,11,14-15,23H,8-10H2,1-3H3/t14-,15-/m0/s1. The first kappa shape index (κ1) is 18.7. The molecule has 0 unspecified atom stereocenters. The summed E-state index contributed by atoms with van der Waals surface area (Å²) in [5.74, 6) is 0.0780. The third-order valence-electron chi connectivity index (χ3n) is 4.61. The molecule has 26 heavy (non-hydrogen) atoms. The zero-order chi connectivity index (χ0) is 18.8. The van der Waals surface area contributed by atoms with Crippen LogP contribution >= 0.6 is 12.2 Å². The molecule has 2 aromatic rings. The van der Waals surface area contributed by atoms with Gasteiger partial charge in [0.2, 0.25) is 4.77 Å². The van der Waals surface area contributed by atoms with Crippen LogP contribution in [0.5, 0.6) is 0 Å². The highest BCUT2D eigenvalue weighted by atomic mass is 32.1. The van der Waals surface area contributed by atoms with E-state index in [1.807, 2.05) is 24.3 Å². The van der Waals surface area contributed by atoms with Crippen LogP contribution in [0.25, 0.3) is 5.69 Å². The Morgan fingerprint density at radius 1 is 1.35 bits per heavy atom. The summed E-state index contributed by atoms with van der Waals surface area (Å²) in [6.45, 7) is 4.90. The number of tetrazole rings is 1. The average Bonchev–Trinajstić information content (AvgIpc) is 3.17. The molecule has 1 N–H and O–H groups in total. The van der Waals surface area contributed by atoms with Crippen LogP contribution in [0.15, 0.2) is 24.3 Å². The van der Waals surface area contributed by atoms with Gasteiger partial charge in [0.1, 0.15) is 6.04 Å². The molecule has 0 amide bonds. The number of carbonyl (C=O) groups is 1. The van der Waals surface area contributed by atoms with Crippen LogP contribution in [0.3, 0.4) is 0 Å². The van der Waals surface area contributed by atoms with Gasteiger partial charge in [-0.15, -0.1) is 0 Å². The lowest BCUT2D eigenvalue weighted by atomic mass is 10.0. The highest BCUT2D eigenvalue weighted by Gasteiger charge is 2.37. The predicted molar refractivity (Wildman–Crippen MR) is 97.4 cm³/mol. The Labute approximate surface area is 157 Å². The minimum Gasteiger partial charge on any atom is -0.468 e. The van der Waals surface area contributed by atoms with Crippen molar-refractivity contribution in [2.24, 2.45) is 0 Å². The van der Waals surface area contributed by atoms with Crippen LogP contribution in [-0.4, -0.2) is 61.6 Å². The second kappa shape index (κ2) is 7.65.